The van der Waals surface area contributed by atoms with E-state index in [4.69, 9.17) is 16.3 Å². The number of esters is 1. The third-order valence-corrected chi connectivity index (χ3v) is 5.75. The lowest BCUT2D eigenvalue weighted by atomic mass is 9.99. The van der Waals surface area contributed by atoms with E-state index in [0.717, 1.165) is 41.1 Å². The number of hydrogen-bond donors (Lipinski definition) is 0. The Balaban J connectivity index is 1.92. The lowest BCUT2D eigenvalue weighted by Crippen LogP contribution is -2.09. The van der Waals surface area contributed by atoms with Crippen LogP contribution >= 0.6 is 23.4 Å². The SMILES string of the molecule is CCOC(=O)c1nn(-c2ccc(Cl)cc2)c2c1CSC1=C2C=CCC1. The van der Waals surface area contributed by atoms with Crippen LogP contribution in [-0.4, -0.2) is 22.4 Å². The average Bonchev–Trinajstić information content (AvgIpc) is 3.03. The molecule has 4 nitrogen and oxygen atoms in total. The lowest BCUT2D eigenvalue weighted by molar-refractivity contribution is 0.0518. The highest BCUT2D eigenvalue weighted by atomic mass is 35.5. The Morgan fingerprint density at radius 2 is 2.16 bits per heavy atom. The van der Waals surface area contributed by atoms with Gasteiger partial charge in [0.15, 0.2) is 5.69 Å². The Kier molecular flexibility index (Phi) is 4.44. The normalized spacial score (nSPS) is 15.8. The number of aromatic nitrogens is 2. The van der Waals surface area contributed by atoms with Crippen LogP contribution in [-0.2, 0) is 10.5 Å². The lowest BCUT2D eigenvalue weighted by Gasteiger charge is -2.22. The van der Waals surface area contributed by atoms with Gasteiger partial charge in [-0.05, 0) is 48.9 Å². The Hall–Kier alpha value is -1.98. The molecule has 0 fully saturated rings. The van der Waals surface area contributed by atoms with E-state index >= 15 is 0 Å². The van der Waals surface area contributed by atoms with Gasteiger partial charge in [-0.15, -0.1) is 11.8 Å². The molecule has 2 aromatic rings. The zero-order valence-corrected chi connectivity index (χ0v) is 15.4. The summed E-state index contributed by atoms with van der Waals surface area (Å²) in [6, 6.07) is 7.50. The highest BCUT2D eigenvalue weighted by Crippen LogP contribution is 2.44. The molecule has 0 bridgehead atoms. The zero-order valence-electron chi connectivity index (χ0n) is 13.8. The van der Waals surface area contributed by atoms with Crippen molar-refractivity contribution in [2.45, 2.75) is 25.5 Å². The molecule has 0 unspecified atom stereocenters. The minimum absolute atomic E-state index is 0.336. The summed E-state index contributed by atoms with van der Waals surface area (Å²) in [6.45, 7) is 2.14. The number of halogens is 1. The van der Waals surface area contributed by atoms with Crippen molar-refractivity contribution >= 4 is 34.9 Å². The van der Waals surface area contributed by atoms with Crippen molar-refractivity contribution in [2.75, 3.05) is 6.61 Å². The van der Waals surface area contributed by atoms with Crippen LogP contribution in [0.1, 0.15) is 41.5 Å². The number of rotatable bonds is 3. The number of carbonyl (C=O) groups excluding carboxylic acids is 1. The van der Waals surface area contributed by atoms with Gasteiger partial charge in [-0.25, -0.2) is 9.48 Å². The number of allylic oxidation sites excluding steroid dienone is 4. The summed E-state index contributed by atoms with van der Waals surface area (Å²) in [4.78, 5) is 13.8. The molecule has 1 aliphatic carbocycles. The van der Waals surface area contributed by atoms with Crippen LogP contribution in [0, 0.1) is 0 Å². The first kappa shape index (κ1) is 16.5. The van der Waals surface area contributed by atoms with Crippen LogP contribution in [0.5, 0.6) is 0 Å². The summed E-state index contributed by atoms with van der Waals surface area (Å²) < 4.78 is 7.07. The minimum Gasteiger partial charge on any atom is -0.461 e. The Bertz CT molecular complexity index is 897. The van der Waals surface area contributed by atoms with Gasteiger partial charge in [0.1, 0.15) is 0 Å². The molecule has 0 N–H and O–H groups in total. The van der Waals surface area contributed by atoms with Crippen LogP contribution in [0.2, 0.25) is 5.02 Å². The Labute approximate surface area is 155 Å². The molecule has 1 aromatic carbocycles. The molecule has 1 aliphatic heterocycles. The second-order valence-electron chi connectivity index (χ2n) is 5.85. The number of carbonyl (C=O) groups is 1. The van der Waals surface area contributed by atoms with E-state index in [1.807, 2.05) is 28.9 Å². The molecule has 0 spiro atoms. The summed E-state index contributed by atoms with van der Waals surface area (Å²) in [6.07, 6.45) is 6.42. The van der Waals surface area contributed by atoms with Crippen molar-refractivity contribution in [1.82, 2.24) is 9.78 Å². The first-order valence-corrected chi connectivity index (χ1v) is 9.63. The summed E-state index contributed by atoms with van der Waals surface area (Å²) in [5, 5.41) is 5.29. The molecule has 0 saturated carbocycles. The fraction of sp³-hybridized carbons (Fsp3) is 0.263. The first-order chi connectivity index (χ1) is 12.2. The second kappa shape index (κ2) is 6.73. The predicted octanol–water partition coefficient (Wildman–Crippen LogP) is 5.01. The van der Waals surface area contributed by atoms with Crippen molar-refractivity contribution in [1.29, 1.82) is 0 Å². The number of thioether (sulfide) groups is 1. The fourth-order valence-electron chi connectivity index (χ4n) is 3.16. The number of fused-ring (bicyclic) bond motifs is 2. The second-order valence-corrected chi connectivity index (χ2v) is 7.36. The van der Waals surface area contributed by atoms with E-state index in [-0.39, 0.29) is 5.97 Å². The predicted molar refractivity (Wildman–Crippen MR) is 101 cm³/mol. The third-order valence-electron chi connectivity index (χ3n) is 4.29. The van der Waals surface area contributed by atoms with E-state index in [1.54, 1.807) is 18.7 Å². The van der Waals surface area contributed by atoms with Gasteiger partial charge in [-0.1, -0.05) is 23.8 Å². The van der Waals surface area contributed by atoms with Gasteiger partial charge in [0.05, 0.1) is 18.0 Å². The van der Waals surface area contributed by atoms with Crippen LogP contribution in [0.3, 0.4) is 0 Å². The van der Waals surface area contributed by atoms with Crippen LogP contribution in [0.25, 0.3) is 11.3 Å². The summed E-state index contributed by atoms with van der Waals surface area (Å²) in [5.41, 5.74) is 4.40. The van der Waals surface area contributed by atoms with Gasteiger partial charge in [-0.2, -0.15) is 5.10 Å². The van der Waals surface area contributed by atoms with Crippen molar-refractivity contribution < 1.29 is 9.53 Å². The Morgan fingerprint density at radius 1 is 1.36 bits per heavy atom. The van der Waals surface area contributed by atoms with Crippen LogP contribution in [0.4, 0.5) is 0 Å². The molecular formula is C19H17ClN2O2S. The topological polar surface area (TPSA) is 44.1 Å². The van der Waals surface area contributed by atoms with Gasteiger partial charge >= 0.3 is 5.97 Å². The van der Waals surface area contributed by atoms with Gasteiger partial charge in [-0.3, -0.25) is 0 Å². The molecular weight excluding hydrogens is 356 g/mol. The van der Waals surface area contributed by atoms with Gasteiger partial charge in [0, 0.05) is 21.9 Å². The summed E-state index contributed by atoms with van der Waals surface area (Å²) >= 11 is 7.82. The number of ether oxygens (including phenoxy) is 1. The van der Waals surface area contributed by atoms with Crippen molar-refractivity contribution in [3.63, 3.8) is 0 Å². The molecule has 128 valence electrons. The van der Waals surface area contributed by atoms with Gasteiger partial charge < -0.3 is 4.74 Å². The molecule has 0 atom stereocenters. The fourth-order valence-corrected chi connectivity index (χ4v) is 4.46. The molecule has 2 aliphatic rings. The van der Waals surface area contributed by atoms with Crippen LogP contribution < -0.4 is 0 Å². The molecule has 2 heterocycles. The Morgan fingerprint density at radius 3 is 2.92 bits per heavy atom. The van der Waals surface area contributed by atoms with Crippen LogP contribution in [0.15, 0.2) is 41.3 Å². The third kappa shape index (κ3) is 2.92. The van der Waals surface area contributed by atoms with Crippen molar-refractivity contribution in [3.8, 4) is 5.69 Å². The van der Waals surface area contributed by atoms with E-state index in [9.17, 15) is 4.79 Å². The van der Waals surface area contributed by atoms with Crippen molar-refractivity contribution in [3.05, 3.63) is 63.3 Å². The smallest absolute Gasteiger partial charge is 0.359 e. The van der Waals surface area contributed by atoms with Crippen molar-refractivity contribution in [2.24, 2.45) is 0 Å². The first-order valence-electron chi connectivity index (χ1n) is 8.27. The molecule has 0 saturated heterocycles. The van der Waals surface area contributed by atoms with E-state index in [1.165, 1.54) is 4.91 Å². The number of benzene rings is 1. The highest BCUT2D eigenvalue weighted by Gasteiger charge is 2.31. The van der Waals surface area contributed by atoms with E-state index < -0.39 is 0 Å². The summed E-state index contributed by atoms with van der Waals surface area (Å²) in [7, 11) is 0. The molecule has 6 heteroatoms. The maximum absolute atomic E-state index is 12.4. The van der Waals surface area contributed by atoms with Gasteiger partial charge in [0.25, 0.3) is 0 Å². The maximum atomic E-state index is 12.4. The molecule has 1 aromatic heterocycles. The monoisotopic (exact) mass is 372 g/mol. The molecule has 0 radical (unpaired) electrons. The quantitative estimate of drug-likeness (QED) is 0.710. The highest BCUT2D eigenvalue weighted by molar-refractivity contribution is 8.02. The minimum atomic E-state index is -0.365. The largest absolute Gasteiger partial charge is 0.461 e. The maximum Gasteiger partial charge on any atom is 0.359 e. The van der Waals surface area contributed by atoms with Gasteiger partial charge in [0.2, 0.25) is 0 Å². The van der Waals surface area contributed by atoms with E-state index in [0.29, 0.717) is 17.3 Å². The average molecular weight is 373 g/mol. The zero-order chi connectivity index (χ0) is 17.4. The number of hydrogen-bond acceptors (Lipinski definition) is 4. The van der Waals surface area contributed by atoms with E-state index in [2.05, 4.69) is 17.3 Å². The molecule has 25 heavy (non-hydrogen) atoms. The molecule has 0 amide bonds. The summed E-state index contributed by atoms with van der Waals surface area (Å²) in [5.74, 6) is 0.375. The molecule has 4 rings (SSSR count). The number of nitrogens with zero attached hydrogens (tertiary/aromatic N) is 2. The standard InChI is InChI=1S/C19H17ClN2O2S/c1-2-24-19(23)17-15-11-25-16-6-4-3-5-14(16)18(15)22(21-17)13-9-7-12(20)8-10-13/h3,5,7-10H,2,4,6,11H2,1H3.